The number of methoxy groups -OCH3 is 1. The van der Waals surface area contributed by atoms with Crippen LogP contribution in [0.5, 0.6) is 0 Å². The molecule has 1 aromatic rings. The first-order valence-corrected chi connectivity index (χ1v) is 6.83. The van der Waals surface area contributed by atoms with Gasteiger partial charge in [0.25, 0.3) is 5.91 Å². The number of primary amides is 1. The second-order valence-corrected chi connectivity index (χ2v) is 5.33. The molecule has 0 aliphatic carbocycles. The zero-order valence-corrected chi connectivity index (χ0v) is 12.5. The van der Waals surface area contributed by atoms with Crippen molar-refractivity contribution in [3.8, 4) is 0 Å². The Hall–Kier alpha value is -2.02. The van der Waals surface area contributed by atoms with Crippen LogP contribution in [0.15, 0.2) is 6.20 Å². The lowest BCUT2D eigenvalue weighted by molar-refractivity contribution is -0.119. The van der Waals surface area contributed by atoms with Crippen LogP contribution < -0.4 is 5.73 Å². The van der Waals surface area contributed by atoms with Crippen molar-refractivity contribution in [2.24, 2.45) is 11.7 Å². The molecule has 0 saturated carbocycles. The molecular formula is C14H20N4O3. The number of aromatic nitrogens is 2. The standard InChI is InChI=1S/C14H20N4O3/c1-8-11(5-16-9(2)17-8)14(20)18-6-10(4-13(15)19)12(7-18)21-3/h5,10,12H,4,6-7H2,1-3H3,(H2,15,19)/t10-,12+/m1/s1. The zero-order valence-electron chi connectivity index (χ0n) is 12.5. The molecule has 1 aromatic heterocycles. The fourth-order valence-corrected chi connectivity index (χ4v) is 2.69. The number of ether oxygens (including phenoxy) is 1. The van der Waals surface area contributed by atoms with Gasteiger partial charge in [0.2, 0.25) is 5.91 Å². The first-order chi connectivity index (χ1) is 9.92. The molecule has 0 radical (unpaired) electrons. The van der Waals surface area contributed by atoms with Crippen molar-refractivity contribution in [2.45, 2.75) is 26.4 Å². The molecule has 0 unspecified atom stereocenters. The minimum absolute atomic E-state index is 0.0666. The lowest BCUT2D eigenvalue weighted by Gasteiger charge is -2.16. The molecule has 1 saturated heterocycles. The van der Waals surface area contributed by atoms with Crippen molar-refractivity contribution < 1.29 is 14.3 Å². The fourth-order valence-electron chi connectivity index (χ4n) is 2.69. The van der Waals surface area contributed by atoms with Gasteiger partial charge in [0.15, 0.2) is 0 Å². The molecule has 7 heteroatoms. The Labute approximate surface area is 123 Å². The molecular weight excluding hydrogens is 272 g/mol. The molecule has 21 heavy (non-hydrogen) atoms. The molecule has 1 aliphatic heterocycles. The number of likely N-dealkylation sites (tertiary alicyclic amines) is 1. The summed E-state index contributed by atoms with van der Waals surface area (Å²) in [7, 11) is 1.58. The van der Waals surface area contributed by atoms with Gasteiger partial charge in [0.05, 0.1) is 17.4 Å². The van der Waals surface area contributed by atoms with Crippen LogP contribution in [-0.2, 0) is 9.53 Å². The van der Waals surface area contributed by atoms with Crippen LogP contribution in [0.2, 0.25) is 0 Å². The molecule has 2 N–H and O–H groups in total. The smallest absolute Gasteiger partial charge is 0.257 e. The monoisotopic (exact) mass is 292 g/mol. The Balaban J connectivity index is 2.15. The van der Waals surface area contributed by atoms with Crippen LogP contribution in [0, 0.1) is 19.8 Å². The Morgan fingerprint density at radius 1 is 1.43 bits per heavy atom. The van der Waals surface area contributed by atoms with Crippen molar-refractivity contribution in [1.29, 1.82) is 0 Å². The molecule has 7 nitrogen and oxygen atoms in total. The van der Waals surface area contributed by atoms with E-state index in [4.69, 9.17) is 10.5 Å². The van der Waals surface area contributed by atoms with Gasteiger partial charge in [-0.15, -0.1) is 0 Å². The van der Waals surface area contributed by atoms with Crippen LogP contribution >= 0.6 is 0 Å². The number of hydrogen-bond acceptors (Lipinski definition) is 5. The SMILES string of the molecule is CO[C@H]1CN(C(=O)c2cnc(C)nc2C)C[C@H]1CC(N)=O. The summed E-state index contributed by atoms with van der Waals surface area (Å²) in [5.74, 6) is 0.0442. The minimum atomic E-state index is -0.383. The number of amides is 2. The summed E-state index contributed by atoms with van der Waals surface area (Å²) >= 11 is 0. The number of rotatable bonds is 4. The van der Waals surface area contributed by atoms with Crippen LogP contribution in [0.1, 0.15) is 28.3 Å². The van der Waals surface area contributed by atoms with Gasteiger partial charge in [0.1, 0.15) is 5.82 Å². The summed E-state index contributed by atoms with van der Waals surface area (Å²) in [4.78, 5) is 33.6. The van der Waals surface area contributed by atoms with Crippen LogP contribution in [0.4, 0.5) is 0 Å². The average molecular weight is 292 g/mol. The van der Waals surface area contributed by atoms with E-state index < -0.39 is 0 Å². The van der Waals surface area contributed by atoms with E-state index >= 15 is 0 Å². The van der Waals surface area contributed by atoms with Gasteiger partial charge in [-0.25, -0.2) is 9.97 Å². The van der Waals surface area contributed by atoms with Gasteiger partial charge < -0.3 is 15.4 Å². The molecule has 1 aliphatic rings. The molecule has 2 amide bonds. The summed E-state index contributed by atoms with van der Waals surface area (Å²) in [5.41, 5.74) is 6.38. The number of carbonyl (C=O) groups excluding carboxylic acids is 2. The van der Waals surface area contributed by atoms with Crippen LogP contribution in [0.3, 0.4) is 0 Å². The highest BCUT2D eigenvalue weighted by molar-refractivity contribution is 5.95. The summed E-state index contributed by atoms with van der Waals surface area (Å²) in [6.07, 6.45) is 1.59. The van der Waals surface area contributed by atoms with Gasteiger partial charge >= 0.3 is 0 Å². The molecule has 114 valence electrons. The third kappa shape index (κ3) is 3.36. The molecule has 2 rings (SSSR count). The number of nitrogens with zero attached hydrogens (tertiary/aromatic N) is 3. The Bertz CT molecular complexity index is 561. The predicted molar refractivity (Wildman–Crippen MR) is 75.5 cm³/mol. The van der Waals surface area contributed by atoms with Gasteiger partial charge in [0, 0.05) is 38.7 Å². The van der Waals surface area contributed by atoms with E-state index in [0.29, 0.717) is 30.2 Å². The number of aryl methyl sites for hydroxylation is 2. The van der Waals surface area contributed by atoms with Crippen molar-refractivity contribution >= 4 is 11.8 Å². The Morgan fingerprint density at radius 2 is 2.14 bits per heavy atom. The van der Waals surface area contributed by atoms with E-state index in [1.807, 2.05) is 0 Å². The van der Waals surface area contributed by atoms with E-state index in [9.17, 15) is 9.59 Å². The third-order valence-corrected chi connectivity index (χ3v) is 3.76. The lowest BCUT2D eigenvalue weighted by Crippen LogP contribution is -2.31. The third-order valence-electron chi connectivity index (χ3n) is 3.76. The van der Waals surface area contributed by atoms with E-state index in [-0.39, 0.29) is 30.3 Å². The lowest BCUT2D eigenvalue weighted by atomic mass is 10.0. The van der Waals surface area contributed by atoms with Crippen LogP contribution in [0.25, 0.3) is 0 Å². The highest BCUT2D eigenvalue weighted by Crippen LogP contribution is 2.24. The summed E-state index contributed by atoms with van der Waals surface area (Å²) in [6.45, 7) is 4.46. The number of hydrogen-bond donors (Lipinski definition) is 1. The molecule has 1 fully saturated rings. The largest absolute Gasteiger partial charge is 0.379 e. The highest BCUT2D eigenvalue weighted by Gasteiger charge is 2.37. The van der Waals surface area contributed by atoms with Crippen molar-refractivity contribution in [3.63, 3.8) is 0 Å². The number of nitrogens with two attached hydrogens (primary N) is 1. The quantitative estimate of drug-likeness (QED) is 0.846. The first-order valence-electron chi connectivity index (χ1n) is 6.83. The minimum Gasteiger partial charge on any atom is -0.379 e. The second-order valence-electron chi connectivity index (χ2n) is 5.33. The molecule has 0 bridgehead atoms. The fraction of sp³-hybridized carbons (Fsp3) is 0.571. The van der Waals surface area contributed by atoms with E-state index in [1.54, 1.807) is 32.1 Å². The van der Waals surface area contributed by atoms with Crippen molar-refractivity contribution in [3.05, 3.63) is 23.3 Å². The topological polar surface area (TPSA) is 98.4 Å². The zero-order chi connectivity index (χ0) is 15.6. The van der Waals surface area contributed by atoms with Gasteiger partial charge in [-0.05, 0) is 13.8 Å². The predicted octanol–water partition coefficient (Wildman–Crippen LogP) is 0.0558. The average Bonchev–Trinajstić information content (AvgIpc) is 2.80. The summed E-state index contributed by atoms with van der Waals surface area (Å²) in [6, 6.07) is 0. The maximum atomic E-state index is 12.5. The molecule has 0 aromatic carbocycles. The normalized spacial score (nSPS) is 21.6. The maximum absolute atomic E-state index is 12.5. The van der Waals surface area contributed by atoms with E-state index in [2.05, 4.69) is 9.97 Å². The second kappa shape index (κ2) is 6.17. The summed E-state index contributed by atoms with van der Waals surface area (Å²) < 4.78 is 5.36. The Kier molecular flexibility index (Phi) is 4.52. The van der Waals surface area contributed by atoms with E-state index in [1.165, 1.54) is 0 Å². The molecule has 2 atom stereocenters. The van der Waals surface area contributed by atoms with Crippen molar-refractivity contribution in [2.75, 3.05) is 20.2 Å². The van der Waals surface area contributed by atoms with Gasteiger partial charge in [-0.1, -0.05) is 0 Å². The Morgan fingerprint density at radius 3 is 2.71 bits per heavy atom. The van der Waals surface area contributed by atoms with E-state index in [0.717, 1.165) is 0 Å². The highest BCUT2D eigenvalue weighted by atomic mass is 16.5. The molecule has 2 heterocycles. The molecule has 0 spiro atoms. The van der Waals surface area contributed by atoms with Crippen LogP contribution in [-0.4, -0.2) is 53.0 Å². The maximum Gasteiger partial charge on any atom is 0.257 e. The summed E-state index contributed by atoms with van der Waals surface area (Å²) in [5, 5.41) is 0. The van der Waals surface area contributed by atoms with Crippen molar-refractivity contribution in [1.82, 2.24) is 14.9 Å². The first kappa shape index (κ1) is 15.4. The van der Waals surface area contributed by atoms with Gasteiger partial charge in [-0.2, -0.15) is 0 Å². The van der Waals surface area contributed by atoms with Gasteiger partial charge in [-0.3, -0.25) is 9.59 Å². The number of carbonyl (C=O) groups is 2.